The third-order valence-electron chi connectivity index (χ3n) is 2.54. The van der Waals surface area contributed by atoms with Gasteiger partial charge >= 0.3 is 6.09 Å². The first kappa shape index (κ1) is 13.8. The minimum atomic E-state index is -1.94. The first-order valence-electron chi connectivity index (χ1n) is 5.84. The van der Waals surface area contributed by atoms with Crippen LogP contribution < -0.4 is 0 Å². The summed E-state index contributed by atoms with van der Waals surface area (Å²) in [4.78, 5) is 13.1. The zero-order valence-electron chi connectivity index (χ0n) is 10.6. The van der Waals surface area contributed by atoms with Gasteiger partial charge in [-0.25, -0.2) is 9.18 Å². The van der Waals surface area contributed by atoms with Gasteiger partial charge in [0.2, 0.25) is 5.67 Å². The van der Waals surface area contributed by atoms with Gasteiger partial charge in [0.05, 0.1) is 6.54 Å². The second-order valence-corrected chi connectivity index (χ2v) is 5.44. The third kappa shape index (κ3) is 4.22. The molecule has 1 aliphatic rings. The Labute approximate surface area is 101 Å². The van der Waals surface area contributed by atoms with Crippen molar-refractivity contribution in [3.8, 4) is 6.07 Å². The van der Waals surface area contributed by atoms with Crippen LogP contribution >= 0.6 is 0 Å². The van der Waals surface area contributed by atoms with Crippen molar-refractivity contribution in [2.24, 2.45) is 0 Å². The molecule has 1 amide bonds. The van der Waals surface area contributed by atoms with Gasteiger partial charge in [-0.1, -0.05) is 0 Å². The van der Waals surface area contributed by atoms with Crippen molar-refractivity contribution in [3.05, 3.63) is 0 Å². The normalized spacial score (nSPS) is 25.9. The number of carbonyl (C=O) groups is 1. The molecule has 0 N–H and O–H groups in total. The molecule has 0 spiro atoms. The van der Waals surface area contributed by atoms with Crippen LogP contribution in [-0.4, -0.2) is 35.4 Å². The van der Waals surface area contributed by atoms with Crippen molar-refractivity contribution >= 4 is 6.09 Å². The van der Waals surface area contributed by atoms with E-state index < -0.39 is 17.4 Å². The van der Waals surface area contributed by atoms with E-state index in [4.69, 9.17) is 10.00 Å². The van der Waals surface area contributed by atoms with Crippen molar-refractivity contribution in [1.82, 2.24) is 4.90 Å². The molecule has 5 heteroatoms. The summed E-state index contributed by atoms with van der Waals surface area (Å²) in [7, 11) is 0. The third-order valence-corrected chi connectivity index (χ3v) is 2.54. The first-order valence-corrected chi connectivity index (χ1v) is 5.84. The Morgan fingerprint density at radius 3 is 2.65 bits per heavy atom. The smallest absolute Gasteiger partial charge is 0.410 e. The molecule has 1 fully saturated rings. The molecule has 0 aromatic rings. The zero-order valence-corrected chi connectivity index (χ0v) is 10.6. The largest absolute Gasteiger partial charge is 0.444 e. The lowest BCUT2D eigenvalue weighted by molar-refractivity contribution is 0.0185. The van der Waals surface area contributed by atoms with Crippen LogP contribution in [0.1, 0.15) is 40.0 Å². The lowest BCUT2D eigenvalue weighted by Gasteiger charge is -2.28. The van der Waals surface area contributed by atoms with E-state index in [-0.39, 0.29) is 13.0 Å². The molecule has 0 saturated carbocycles. The van der Waals surface area contributed by atoms with Crippen molar-refractivity contribution in [3.63, 3.8) is 0 Å². The fourth-order valence-electron chi connectivity index (χ4n) is 1.74. The molecule has 1 atom stereocenters. The average Bonchev–Trinajstić information content (AvgIpc) is 2.39. The van der Waals surface area contributed by atoms with Gasteiger partial charge in [0.1, 0.15) is 11.7 Å². The Kier molecular flexibility index (Phi) is 3.97. The first-order chi connectivity index (χ1) is 7.76. The molecule has 1 rings (SSSR count). The lowest BCUT2D eigenvalue weighted by Crippen LogP contribution is -2.43. The molecule has 1 heterocycles. The number of rotatable bonds is 0. The topological polar surface area (TPSA) is 53.3 Å². The Hall–Kier alpha value is -1.31. The molecule has 0 aromatic heterocycles. The van der Waals surface area contributed by atoms with E-state index in [1.807, 2.05) is 0 Å². The van der Waals surface area contributed by atoms with Crippen molar-refractivity contribution in [1.29, 1.82) is 5.26 Å². The monoisotopic (exact) mass is 242 g/mol. The van der Waals surface area contributed by atoms with Crippen LogP contribution in [-0.2, 0) is 4.74 Å². The molecule has 1 unspecified atom stereocenters. The highest BCUT2D eigenvalue weighted by Gasteiger charge is 2.37. The molecule has 4 nitrogen and oxygen atoms in total. The van der Waals surface area contributed by atoms with Gasteiger partial charge in [-0.05, 0) is 40.0 Å². The minimum Gasteiger partial charge on any atom is -0.444 e. The maximum atomic E-state index is 14.0. The maximum Gasteiger partial charge on any atom is 0.410 e. The number of hydrogen-bond donors (Lipinski definition) is 0. The van der Waals surface area contributed by atoms with Crippen LogP contribution in [0.2, 0.25) is 0 Å². The van der Waals surface area contributed by atoms with E-state index in [2.05, 4.69) is 0 Å². The molecular weight excluding hydrogens is 223 g/mol. The number of amides is 1. The van der Waals surface area contributed by atoms with Crippen LogP contribution in [0.5, 0.6) is 0 Å². The fourth-order valence-corrected chi connectivity index (χ4v) is 1.74. The number of nitriles is 1. The quantitative estimate of drug-likeness (QED) is 0.656. The molecule has 96 valence electrons. The van der Waals surface area contributed by atoms with Gasteiger partial charge < -0.3 is 9.64 Å². The van der Waals surface area contributed by atoms with E-state index in [0.29, 0.717) is 19.4 Å². The van der Waals surface area contributed by atoms with Crippen LogP contribution in [0.25, 0.3) is 0 Å². The van der Waals surface area contributed by atoms with E-state index in [0.717, 1.165) is 0 Å². The van der Waals surface area contributed by atoms with E-state index in [1.54, 1.807) is 26.8 Å². The van der Waals surface area contributed by atoms with Crippen molar-refractivity contribution in [2.45, 2.75) is 51.3 Å². The van der Waals surface area contributed by atoms with Gasteiger partial charge in [-0.2, -0.15) is 5.26 Å². The van der Waals surface area contributed by atoms with Crippen molar-refractivity contribution in [2.75, 3.05) is 13.1 Å². The SMILES string of the molecule is CC(C)(C)OC(=O)N1CCCCC(F)(C#N)C1. The van der Waals surface area contributed by atoms with Gasteiger partial charge in [-0.15, -0.1) is 0 Å². The second kappa shape index (κ2) is 4.91. The van der Waals surface area contributed by atoms with E-state index in [9.17, 15) is 9.18 Å². The highest BCUT2D eigenvalue weighted by molar-refractivity contribution is 5.68. The summed E-state index contributed by atoms with van der Waals surface area (Å²) in [5, 5.41) is 8.80. The van der Waals surface area contributed by atoms with Gasteiger partial charge in [0.25, 0.3) is 0 Å². The van der Waals surface area contributed by atoms with Gasteiger partial charge in [0, 0.05) is 6.54 Å². The van der Waals surface area contributed by atoms with Crippen molar-refractivity contribution < 1.29 is 13.9 Å². The molecule has 0 radical (unpaired) electrons. The second-order valence-electron chi connectivity index (χ2n) is 5.44. The number of hydrogen-bond acceptors (Lipinski definition) is 3. The summed E-state index contributed by atoms with van der Waals surface area (Å²) in [5.74, 6) is 0. The summed E-state index contributed by atoms with van der Waals surface area (Å²) in [5.41, 5.74) is -2.54. The number of alkyl halides is 1. The Balaban J connectivity index is 2.70. The highest BCUT2D eigenvalue weighted by Crippen LogP contribution is 2.25. The molecule has 1 saturated heterocycles. The summed E-state index contributed by atoms with van der Waals surface area (Å²) < 4.78 is 19.2. The fraction of sp³-hybridized carbons (Fsp3) is 0.833. The van der Waals surface area contributed by atoms with Gasteiger partial charge in [0.15, 0.2) is 0 Å². The summed E-state index contributed by atoms with van der Waals surface area (Å²) in [6, 6.07) is 1.65. The average molecular weight is 242 g/mol. The molecule has 0 aromatic carbocycles. The predicted molar refractivity (Wildman–Crippen MR) is 61.1 cm³/mol. The number of nitrogens with zero attached hydrogens (tertiary/aromatic N) is 2. The number of carbonyl (C=O) groups excluding carboxylic acids is 1. The lowest BCUT2D eigenvalue weighted by atomic mass is 10.0. The zero-order chi connectivity index (χ0) is 13.1. The molecule has 17 heavy (non-hydrogen) atoms. The van der Waals surface area contributed by atoms with E-state index in [1.165, 1.54) is 4.90 Å². The number of ether oxygens (including phenoxy) is 1. The molecule has 0 aliphatic carbocycles. The molecule has 0 bridgehead atoms. The maximum absolute atomic E-state index is 14.0. The minimum absolute atomic E-state index is 0.183. The van der Waals surface area contributed by atoms with Crippen LogP contribution in [0.15, 0.2) is 0 Å². The Bertz CT molecular complexity index is 332. The molecule has 1 aliphatic heterocycles. The standard InChI is InChI=1S/C12H19FN2O2/c1-11(2,3)17-10(16)15-7-5-4-6-12(13,8-14)9-15/h4-7,9H2,1-3H3. The van der Waals surface area contributed by atoms with Crippen LogP contribution in [0.3, 0.4) is 0 Å². The number of likely N-dealkylation sites (tertiary alicyclic amines) is 1. The van der Waals surface area contributed by atoms with Crippen LogP contribution in [0, 0.1) is 11.3 Å². The molecular formula is C12H19FN2O2. The highest BCUT2D eigenvalue weighted by atomic mass is 19.1. The van der Waals surface area contributed by atoms with Crippen LogP contribution in [0.4, 0.5) is 9.18 Å². The predicted octanol–water partition coefficient (Wildman–Crippen LogP) is 2.64. The van der Waals surface area contributed by atoms with Gasteiger partial charge in [-0.3, -0.25) is 0 Å². The summed E-state index contributed by atoms with van der Waals surface area (Å²) in [6.45, 7) is 5.53. The van der Waals surface area contributed by atoms with E-state index >= 15 is 0 Å². The summed E-state index contributed by atoms with van der Waals surface area (Å²) in [6.07, 6.45) is 0.954. The summed E-state index contributed by atoms with van der Waals surface area (Å²) >= 11 is 0. The Morgan fingerprint density at radius 1 is 1.47 bits per heavy atom. The number of halogens is 1. The Morgan fingerprint density at radius 2 is 2.12 bits per heavy atom.